The van der Waals surface area contributed by atoms with Gasteiger partial charge in [-0.05, 0) is 24.8 Å². The van der Waals surface area contributed by atoms with Gasteiger partial charge in [-0.15, -0.1) is 0 Å². The highest BCUT2D eigenvalue weighted by Crippen LogP contribution is 2.44. The van der Waals surface area contributed by atoms with E-state index >= 15 is 0 Å². The quantitative estimate of drug-likeness (QED) is 0.614. The Balaban J connectivity index is 1.98. The number of carbonyl (C=O) groups is 1. The van der Waals surface area contributed by atoms with Crippen molar-refractivity contribution in [2.45, 2.75) is 45.4 Å². The van der Waals surface area contributed by atoms with Crippen LogP contribution in [0.5, 0.6) is 0 Å². The van der Waals surface area contributed by atoms with Crippen LogP contribution in [-0.4, -0.2) is 42.0 Å². The number of ether oxygens (including phenoxy) is 1. The van der Waals surface area contributed by atoms with E-state index in [0.29, 0.717) is 17.7 Å². The second kappa shape index (κ2) is 4.17. The summed E-state index contributed by atoms with van der Waals surface area (Å²) in [7, 11) is 0. The van der Waals surface area contributed by atoms with E-state index in [-0.39, 0.29) is 24.0 Å². The third kappa shape index (κ3) is 1.60. The number of nitrogens with zero attached hydrogens (tertiary/aromatic N) is 1. The van der Waals surface area contributed by atoms with Crippen LogP contribution in [0.25, 0.3) is 0 Å². The second-order valence-corrected chi connectivity index (χ2v) is 6.41. The molecule has 3 rings (SSSR count). The summed E-state index contributed by atoms with van der Waals surface area (Å²) in [5.74, 6) is 1.17. The highest BCUT2D eigenvalue weighted by Gasteiger charge is 2.52. The van der Waals surface area contributed by atoms with Gasteiger partial charge in [0.1, 0.15) is 5.78 Å². The fourth-order valence-electron chi connectivity index (χ4n) is 3.98. The standard InChI is InChI=1S/C15H23NO2/c1-8-5-12-13-15(11(8)4)18-7-10(3)16(13)6-9(2)14(12)17/h8-10,12-13,15H,4-7H2,1-3H3/t8?,9?,10-,12?,13?,15?/m0/s1. The highest BCUT2D eigenvalue weighted by atomic mass is 16.5. The van der Waals surface area contributed by atoms with Crippen LogP contribution in [-0.2, 0) is 9.53 Å². The molecule has 0 aromatic carbocycles. The van der Waals surface area contributed by atoms with Gasteiger partial charge in [0.05, 0.1) is 12.7 Å². The average molecular weight is 249 g/mol. The summed E-state index contributed by atoms with van der Waals surface area (Å²) < 4.78 is 6.00. The monoisotopic (exact) mass is 249 g/mol. The molecular weight excluding hydrogens is 226 g/mol. The van der Waals surface area contributed by atoms with Crippen molar-refractivity contribution in [3.05, 3.63) is 12.2 Å². The lowest BCUT2D eigenvalue weighted by Crippen LogP contribution is -2.67. The number of carbonyl (C=O) groups excluding carboxylic acids is 1. The van der Waals surface area contributed by atoms with Crippen LogP contribution in [0.15, 0.2) is 12.2 Å². The third-order valence-corrected chi connectivity index (χ3v) is 5.13. The fourth-order valence-corrected chi connectivity index (χ4v) is 3.98. The molecule has 0 spiro atoms. The minimum atomic E-state index is 0.0754. The van der Waals surface area contributed by atoms with Crippen LogP contribution in [0.2, 0.25) is 0 Å². The van der Waals surface area contributed by atoms with Crippen LogP contribution in [0.3, 0.4) is 0 Å². The molecule has 3 nitrogen and oxygen atoms in total. The first-order valence-corrected chi connectivity index (χ1v) is 7.10. The number of hydrogen-bond donors (Lipinski definition) is 0. The Morgan fingerprint density at radius 1 is 1.28 bits per heavy atom. The summed E-state index contributed by atoms with van der Waals surface area (Å²) in [5, 5.41) is 0. The number of Topliss-reactive ketones (excluding diaryl/α,β-unsaturated/α-hetero) is 1. The van der Waals surface area contributed by atoms with Crippen molar-refractivity contribution in [1.82, 2.24) is 4.90 Å². The molecule has 6 atom stereocenters. The Hall–Kier alpha value is -0.670. The van der Waals surface area contributed by atoms with Gasteiger partial charge in [0.25, 0.3) is 0 Å². The fraction of sp³-hybridized carbons (Fsp3) is 0.800. The van der Waals surface area contributed by atoms with E-state index in [4.69, 9.17) is 4.74 Å². The highest BCUT2D eigenvalue weighted by molar-refractivity contribution is 5.85. The lowest BCUT2D eigenvalue weighted by Gasteiger charge is -2.56. The molecule has 18 heavy (non-hydrogen) atoms. The Labute approximate surface area is 109 Å². The molecule has 2 saturated heterocycles. The first-order valence-electron chi connectivity index (χ1n) is 7.10. The first kappa shape index (κ1) is 12.4. The second-order valence-electron chi connectivity index (χ2n) is 6.41. The SMILES string of the molecule is C=C1C(C)CC2C(=O)C(C)CN3C2C1OC[C@@H]3C. The molecule has 0 bridgehead atoms. The molecule has 2 heterocycles. The van der Waals surface area contributed by atoms with E-state index in [1.807, 2.05) is 0 Å². The van der Waals surface area contributed by atoms with Crippen molar-refractivity contribution < 1.29 is 9.53 Å². The number of morpholine rings is 1. The lowest BCUT2D eigenvalue weighted by atomic mass is 9.67. The zero-order valence-corrected chi connectivity index (χ0v) is 11.6. The molecule has 0 N–H and O–H groups in total. The molecule has 100 valence electrons. The van der Waals surface area contributed by atoms with E-state index in [1.54, 1.807) is 0 Å². The minimum Gasteiger partial charge on any atom is -0.371 e. The van der Waals surface area contributed by atoms with Gasteiger partial charge in [-0.3, -0.25) is 9.69 Å². The molecule has 0 aromatic rings. The smallest absolute Gasteiger partial charge is 0.141 e. The molecule has 2 aliphatic heterocycles. The van der Waals surface area contributed by atoms with Gasteiger partial charge >= 0.3 is 0 Å². The summed E-state index contributed by atoms with van der Waals surface area (Å²) in [6.07, 6.45) is 1.03. The molecule has 0 amide bonds. The molecule has 3 aliphatic rings. The van der Waals surface area contributed by atoms with Crippen molar-refractivity contribution in [3.8, 4) is 0 Å². The van der Waals surface area contributed by atoms with Crippen LogP contribution in [0.4, 0.5) is 0 Å². The van der Waals surface area contributed by atoms with E-state index in [2.05, 4.69) is 32.3 Å². The molecule has 0 radical (unpaired) electrons. The lowest BCUT2D eigenvalue weighted by molar-refractivity contribution is -0.161. The van der Waals surface area contributed by atoms with Gasteiger partial charge in [-0.1, -0.05) is 20.4 Å². The summed E-state index contributed by atoms with van der Waals surface area (Å²) in [6, 6.07) is 0.673. The topological polar surface area (TPSA) is 29.5 Å². The molecule has 0 aromatic heterocycles. The van der Waals surface area contributed by atoms with Crippen LogP contribution in [0.1, 0.15) is 27.2 Å². The largest absolute Gasteiger partial charge is 0.371 e. The van der Waals surface area contributed by atoms with Gasteiger partial charge in [0.15, 0.2) is 0 Å². The van der Waals surface area contributed by atoms with Crippen LogP contribution < -0.4 is 0 Å². The molecule has 3 heteroatoms. The van der Waals surface area contributed by atoms with Crippen LogP contribution in [0, 0.1) is 17.8 Å². The van der Waals surface area contributed by atoms with Crippen molar-refractivity contribution in [2.24, 2.45) is 17.8 Å². The summed E-state index contributed by atoms with van der Waals surface area (Å²) in [6.45, 7) is 12.3. The maximum Gasteiger partial charge on any atom is 0.141 e. The number of ketones is 1. The molecule has 1 saturated carbocycles. The summed E-state index contributed by atoms with van der Waals surface area (Å²) >= 11 is 0. The molecule has 1 aliphatic carbocycles. The molecular formula is C15H23NO2. The zero-order chi connectivity index (χ0) is 13.0. The van der Waals surface area contributed by atoms with Crippen molar-refractivity contribution in [3.63, 3.8) is 0 Å². The minimum absolute atomic E-state index is 0.0754. The van der Waals surface area contributed by atoms with Crippen molar-refractivity contribution in [2.75, 3.05) is 13.2 Å². The Morgan fingerprint density at radius 2 is 2.00 bits per heavy atom. The number of rotatable bonds is 0. The van der Waals surface area contributed by atoms with Gasteiger partial charge in [0.2, 0.25) is 0 Å². The predicted octanol–water partition coefficient (Wildman–Crippen LogP) is 1.88. The van der Waals surface area contributed by atoms with Gasteiger partial charge in [-0.2, -0.15) is 0 Å². The zero-order valence-electron chi connectivity index (χ0n) is 11.6. The maximum atomic E-state index is 12.4. The third-order valence-electron chi connectivity index (χ3n) is 5.13. The molecule has 3 fully saturated rings. The Kier molecular flexibility index (Phi) is 2.87. The maximum absolute atomic E-state index is 12.4. The van der Waals surface area contributed by atoms with Gasteiger partial charge < -0.3 is 4.74 Å². The summed E-state index contributed by atoms with van der Waals surface area (Å²) in [4.78, 5) is 14.9. The van der Waals surface area contributed by atoms with E-state index in [0.717, 1.165) is 19.6 Å². The predicted molar refractivity (Wildman–Crippen MR) is 70.3 cm³/mol. The number of hydrogen-bond acceptors (Lipinski definition) is 3. The summed E-state index contributed by atoms with van der Waals surface area (Å²) in [5.41, 5.74) is 1.19. The Bertz CT molecular complexity index is 392. The van der Waals surface area contributed by atoms with E-state index in [1.165, 1.54) is 5.57 Å². The average Bonchev–Trinajstić information content (AvgIpc) is 2.34. The first-order chi connectivity index (χ1) is 8.50. The molecule has 5 unspecified atom stereocenters. The van der Waals surface area contributed by atoms with E-state index < -0.39 is 0 Å². The van der Waals surface area contributed by atoms with E-state index in [9.17, 15) is 4.79 Å². The van der Waals surface area contributed by atoms with Gasteiger partial charge in [0, 0.05) is 30.5 Å². The van der Waals surface area contributed by atoms with Gasteiger partial charge in [-0.25, -0.2) is 0 Å². The number of piperidine rings is 1. The van der Waals surface area contributed by atoms with Crippen LogP contribution >= 0.6 is 0 Å². The van der Waals surface area contributed by atoms with Crippen molar-refractivity contribution in [1.29, 1.82) is 0 Å². The van der Waals surface area contributed by atoms with Crippen molar-refractivity contribution >= 4 is 5.78 Å². The normalized spacial score (nSPS) is 49.1. The Morgan fingerprint density at radius 3 is 2.72 bits per heavy atom.